The number of benzene rings is 1. The molecule has 1 aromatic heterocycles. The first-order valence-electron chi connectivity index (χ1n) is 7.80. The van der Waals surface area contributed by atoms with Gasteiger partial charge >= 0.3 is 0 Å². The van der Waals surface area contributed by atoms with Crippen LogP contribution in [0.25, 0.3) is 0 Å². The molecule has 1 atom stereocenters. The lowest BCUT2D eigenvalue weighted by atomic mass is 10.1. The summed E-state index contributed by atoms with van der Waals surface area (Å²) < 4.78 is 5.71. The fourth-order valence-electron chi connectivity index (χ4n) is 1.99. The molecule has 0 aliphatic heterocycles. The molecule has 0 fully saturated rings. The van der Waals surface area contributed by atoms with E-state index in [0.717, 1.165) is 5.56 Å². The van der Waals surface area contributed by atoms with Crippen LogP contribution in [0.3, 0.4) is 0 Å². The maximum atomic E-state index is 12.0. The predicted molar refractivity (Wildman–Crippen MR) is 96.9 cm³/mol. The summed E-state index contributed by atoms with van der Waals surface area (Å²) in [5.41, 5.74) is 1.54. The molecule has 2 N–H and O–H groups in total. The van der Waals surface area contributed by atoms with Crippen LogP contribution in [0.2, 0.25) is 0 Å². The molecule has 0 radical (unpaired) electrons. The molecule has 0 bridgehead atoms. The van der Waals surface area contributed by atoms with Gasteiger partial charge < -0.3 is 15.1 Å². The van der Waals surface area contributed by atoms with Gasteiger partial charge in [-0.3, -0.25) is 9.59 Å². The summed E-state index contributed by atoms with van der Waals surface area (Å²) in [6.07, 6.45) is 0.316. The van der Waals surface area contributed by atoms with Gasteiger partial charge in [0.2, 0.25) is 5.91 Å². The normalized spacial score (nSPS) is 12.0. The first-order chi connectivity index (χ1) is 11.3. The largest absolute Gasteiger partial charge is 0.444 e. The van der Waals surface area contributed by atoms with Crippen molar-refractivity contribution < 1.29 is 14.0 Å². The fourth-order valence-corrected chi connectivity index (χ4v) is 2.30. The summed E-state index contributed by atoms with van der Waals surface area (Å²) in [4.78, 5) is 24.0. The van der Waals surface area contributed by atoms with E-state index in [1.807, 2.05) is 19.1 Å². The topological polar surface area (TPSA) is 71.3 Å². The number of nitrogens with one attached hydrogen (secondary N) is 2. The molecular formula is C18H21BrN2O3. The van der Waals surface area contributed by atoms with Gasteiger partial charge in [-0.25, -0.2) is 0 Å². The second-order valence-electron chi connectivity index (χ2n) is 6.03. The molecule has 1 aromatic carbocycles. The Labute approximate surface area is 149 Å². The van der Waals surface area contributed by atoms with E-state index in [4.69, 9.17) is 4.42 Å². The highest BCUT2D eigenvalue weighted by Crippen LogP contribution is 2.16. The van der Waals surface area contributed by atoms with Crippen molar-refractivity contribution >= 4 is 33.4 Å². The summed E-state index contributed by atoms with van der Waals surface area (Å²) in [6, 6.07) is 10.6. The first-order valence-corrected chi connectivity index (χ1v) is 8.59. The highest BCUT2D eigenvalue weighted by molar-refractivity contribution is 9.10. The van der Waals surface area contributed by atoms with Gasteiger partial charge in [-0.2, -0.15) is 0 Å². The third-order valence-corrected chi connectivity index (χ3v) is 4.19. The van der Waals surface area contributed by atoms with Gasteiger partial charge in [0.15, 0.2) is 10.4 Å². The Bertz CT molecular complexity index is 707. The van der Waals surface area contributed by atoms with Gasteiger partial charge in [-0.1, -0.05) is 26.0 Å². The minimum absolute atomic E-state index is 0.00609. The van der Waals surface area contributed by atoms with E-state index < -0.39 is 0 Å². The Hall–Kier alpha value is -2.08. The van der Waals surface area contributed by atoms with Gasteiger partial charge in [0.1, 0.15) is 0 Å². The molecule has 2 rings (SSSR count). The number of rotatable bonds is 6. The Morgan fingerprint density at radius 1 is 1.08 bits per heavy atom. The van der Waals surface area contributed by atoms with Crippen LogP contribution in [0.4, 0.5) is 5.69 Å². The number of amides is 2. The summed E-state index contributed by atoms with van der Waals surface area (Å²) in [7, 11) is 0. The van der Waals surface area contributed by atoms with E-state index in [2.05, 4.69) is 40.4 Å². The second kappa shape index (κ2) is 8.15. The monoisotopic (exact) mass is 392 g/mol. The Morgan fingerprint density at radius 3 is 2.29 bits per heavy atom. The van der Waals surface area contributed by atoms with Gasteiger partial charge in [0, 0.05) is 11.7 Å². The van der Waals surface area contributed by atoms with Crippen molar-refractivity contribution in [2.45, 2.75) is 33.2 Å². The highest BCUT2D eigenvalue weighted by Gasteiger charge is 2.12. The highest BCUT2D eigenvalue weighted by atomic mass is 79.9. The van der Waals surface area contributed by atoms with Gasteiger partial charge in [0.05, 0.1) is 6.42 Å². The third-order valence-electron chi connectivity index (χ3n) is 3.76. The van der Waals surface area contributed by atoms with E-state index in [-0.39, 0.29) is 23.6 Å². The number of carbonyl (C=O) groups excluding carboxylic acids is 2. The number of hydrogen-bond donors (Lipinski definition) is 2. The molecule has 0 spiro atoms. The standard InChI is InChI=1S/C18H21BrN2O3/c1-11(2)12(3)20-17(22)10-13-4-6-14(7-5-13)21-18(23)15-8-9-16(19)24-15/h4-9,11-12H,10H2,1-3H3,(H,20,22)(H,21,23)/t12-/m0/s1. The van der Waals surface area contributed by atoms with E-state index >= 15 is 0 Å². The molecule has 0 unspecified atom stereocenters. The SMILES string of the molecule is CC(C)[C@H](C)NC(=O)Cc1ccc(NC(=O)c2ccc(Br)o2)cc1. The van der Waals surface area contributed by atoms with E-state index in [9.17, 15) is 9.59 Å². The smallest absolute Gasteiger partial charge is 0.291 e. The van der Waals surface area contributed by atoms with Crippen LogP contribution in [0.5, 0.6) is 0 Å². The van der Waals surface area contributed by atoms with Gasteiger partial charge in [-0.05, 0) is 58.6 Å². The zero-order valence-corrected chi connectivity index (χ0v) is 15.5. The van der Waals surface area contributed by atoms with Crippen molar-refractivity contribution in [2.75, 3.05) is 5.32 Å². The van der Waals surface area contributed by atoms with Crippen LogP contribution in [0.1, 0.15) is 36.9 Å². The van der Waals surface area contributed by atoms with Gasteiger partial charge in [0.25, 0.3) is 5.91 Å². The molecule has 6 heteroatoms. The predicted octanol–water partition coefficient (Wildman–Crippen LogP) is 4.00. The average Bonchev–Trinajstić information content (AvgIpc) is 2.95. The maximum Gasteiger partial charge on any atom is 0.291 e. The van der Waals surface area contributed by atoms with Crippen molar-refractivity contribution in [3.8, 4) is 0 Å². The third kappa shape index (κ3) is 5.23. The van der Waals surface area contributed by atoms with Crippen LogP contribution >= 0.6 is 15.9 Å². The Kier molecular flexibility index (Phi) is 6.20. The van der Waals surface area contributed by atoms with E-state index in [0.29, 0.717) is 22.7 Å². The minimum atomic E-state index is -0.322. The molecule has 24 heavy (non-hydrogen) atoms. The lowest BCUT2D eigenvalue weighted by Gasteiger charge is -2.17. The Morgan fingerprint density at radius 2 is 1.75 bits per heavy atom. The molecular weight excluding hydrogens is 372 g/mol. The number of furan rings is 1. The summed E-state index contributed by atoms with van der Waals surface area (Å²) in [5, 5.41) is 5.72. The van der Waals surface area contributed by atoms with Crippen LogP contribution in [-0.2, 0) is 11.2 Å². The lowest BCUT2D eigenvalue weighted by molar-refractivity contribution is -0.121. The fraction of sp³-hybridized carbons (Fsp3) is 0.333. The summed E-state index contributed by atoms with van der Waals surface area (Å²) in [6.45, 7) is 6.13. The van der Waals surface area contributed by atoms with Crippen molar-refractivity contribution in [3.63, 3.8) is 0 Å². The number of hydrogen-bond acceptors (Lipinski definition) is 3. The van der Waals surface area contributed by atoms with Crippen LogP contribution in [0.15, 0.2) is 45.5 Å². The van der Waals surface area contributed by atoms with Crippen molar-refractivity contribution in [2.24, 2.45) is 5.92 Å². The first kappa shape index (κ1) is 18.3. The zero-order valence-electron chi connectivity index (χ0n) is 13.9. The second-order valence-corrected chi connectivity index (χ2v) is 6.81. The summed E-state index contributed by atoms with van der Waals surface area (Å²) in [5.74, 6) is 0.298. The molecule has 128 valence electrons. The van der Waals surface area contributed by atoms with E-state index in [1.165, 1.54) is 0 Å². The quantitative estimate of drug-likeness (QED) is 0.780. The molecule has 0 aliphatic rings. The summed E-state index contributed by atoms with van der Waals surface area (Å²) >= 11 is 3.16. The number of halogens is 1. The van der Waals surface area contributed by atoms with Crippen LogP contribution in [0, 0.1) is 5.92 Å². The van der Waals surface area contributed by atoms with Crippen LogP contribution < -0.4 is 10.6 Å². The molecule has 2 amide bonds. The number of carbonyl (C=O) groups is 2. The lowest BCUT2D eigenvalue weighted by Crippen LogP contribution is -2.37. The maximum absolute atomic E-state index is 12.0. The van der Waals surface area contributed by atoms with Gasteiger partial charge in [-0.15, -0.1) is 0 Å². The van der Waals surface area contributed by atoms with Crippen molar-refractivity contribution in [3.05, 3.63) is 52.4 Å². The van der Waals surface area contributed by atoms with Crippen molar-refractivity contribution in [1.29, 1.82) is 0 Å². The zero-order chi connectivity index (χ0) is 17.7. The Balaban J connectivity index is 1.91. The molecule has 0 saturated carbocycles. The van der Waals surface area contributed by atoms with Crippen LogP contribution in [-0.4, -0.2) is 17.9 Å². The van der Waals surface area contributed by atoms with E-state index in [1.54, 1.807) is 24.3 Å². The number of anilines is 1. The molecule has 0 saturated heterocycles. The molecule has 1 heterocycles. The molecule has 5 nitrogen and oxygen atoms in total. The van der Waals surface area contributed by atoms with Crippen molar-refractivity contribution in [1.82, 2.24) is 5.32 Å². The minimum Gasteiger partial charge on any atom is -0.444 e. The average molecular weight is 393 g/mol. The molecule has 0 aliphatic carbocycles. The molecule has 2 aromatic rings.